The van der Waals surface area contributed by atoms with Gasteiger partial charge in [-0.25, -0.2) is 0 Å². The molecule has 694 valence electrons. The van der Waals surface area contributed by atoms with E-state index < -0.39 is 16.2 Å². The number of rotatable bonds is 6. The first-order valence-corrected chi connectivity index (χ1v) is 51.7. The molecular weight excluding hydrogens is 1750 g/mol. The number of hydrogen-bond acceptors (Lipinski definition) is 4. The molecule has 8 aliphatic heterocycles. The van der Waals surface area contributed by atoms with Gasteiger partial charge in [0.15, 0.2) is 0 Å². The van der Waals surface area contributed by atoms with Crippen LogP contribution in [0.2, 0.25) is 0 Å². The highest BCUT2D eigenvalue weighted by molar-refractivity contribution is 6.26. The van der Waals surface area contributed by atoms with Crippen molar-refractivity contribution in [1.29, 1.82) is 10.5 Å². The van der Waals surface area contributed by atoms with Gasteiger partial charge in [-0.3, -0.25) is 0 Å². The molecule has 0 fully saturated rings. The van der Waals surface area contributed by atoms with Crippen molar-refractivity contribution in [2.24, 2.45) is 0 Å². The van der Waals surface area contributed by atoms with Gasteiger partial charge in [0.05, 0.1) is 74.1 Å². The Morgan fingerprint density at radius 1 is 0.159 bits per heavy atom. The van der Waals surface area contributed by atoms with Gasteiger partial charge in [0.25, 0.3) is 0 Å². The molecule has 30 rings (SSSR count). The highest BCUT2D eigenvalue weighted by Gasteiger charge is 2.56. The summed E-state index contributed by atoms with van der Waals surface area (Å²) < 4.78 is 2.62. The Bertz CT molecular complexity index is 9240. The molecule has 145 heavy (non-hydrogen) atoms. The van der Waals surface area contributed by atoms with Crippen LogP contribution in [0, 0.1) is 22.7 Å². The lowest BCUT2D eigenvalue weighted by Crippen LogP contribution is -2.43. The number of fused-ring (bicyclic) bond motifs is 7. The normalized spacial score (nSPS) is 16.3. The van der Waals surface area contributed by atoms with Crippen LogP contribution in [0.15, 0.2) is 370 Å². The summed E-state index contributed by atoms with van der Waals surface area (Å²) in [5, 5.41) is 38.8. The van der Waals surface area contributed by atoms with E-state index in [2.05, 4.69) is 507 Å². The van der Waals surface area contributed by atoms with Crippen LogP contribution >= 0.6 is 0 Å². The van der Waals surface area contributed by atoms with Crippen molar-refractivity contribution >= 4 is 121 Å². The molecule has 0 amide bonds. The smallest absolute Gasteiger partial charge is 0.0991 e. The van der Waals surface area contributed by atoms with Crippen molar-refractivity contribution in [3.8, 4) is 84.6 Å². The van der Waals surface area contributed by atoms with E-state index in [9.17, 15) is 10.5 Å². The van der Waals surface area contributed by atoms with E-state index in [1.807, 2.05) is 0 Å². The summed E-state index contributed by atoms with van der Waals surface area (Å²) in [5.74, 6) is 0. The summed E-state index contributed by atoms with van der Waals surface area (Å²) in [6, 6.07) is 143. The molecule has 0 saturated heterocycles. The second-order valence-electron chi connectivity index (χ2n) is 46.3. The van der Waals surface area contributed by atoms with Crippen molar-refractivity contribution in [2.75, 3.05) is 9.80 Å². The van der Waals surface area contributed by atoms with Gasteiger partial charge in [-0.1, -0.05) is 420 Å². The van der Waals surface area contributed by atoms with Gasteiger partial charge in [-0.05, 0) is 281 Å². The van der Waals surface area contributed by atoms with Gasteiger partial charge in [0.1, 0.15) is 0 Å². The predicted octanol–water partition coefficient (Wildman–Crippen LogP) is 36.9. The molecule has 0 atom stereocenters. The fourth-order valence-electron chi connectivity index (χ4n) is 28.5. The standard InChI is InChI=1S/C49H37N3.C47H39N.C44H33N/c1-47(2)36-20-28(26-50)22-38-44(36)52-45-37(47)21-29(27-51)23-39(45)49(5,6)41-25-31(24-40(46(41)52)48(38,3)4)43-34-18-12-10-16-32(34)42(30-14-8-7-9-15-30)33-17-11-13-19-35(33)43;1-45(2)34-22-14-24-36-42(34)48-43-35(45)23-15-25-37(43)47(5,6)39-27-29(26-38(44(39)48)46(36,3)4)41-32-20-12-10-18-30(32)40(28-16-8-7-9-17-28)31-19-11-13-21-33(31)41;1-43(2)34-22-12-20-32-33-21-13-23-35-41(33)45(40(32)34)42-36(43)24-27(25-37(42)44(35,3)4)39-30-18-10-8-16-28(30)38(26-14-6-5-7-15-26)29-17-9-11-19-31(29)39/h7-25H,1-6H3;7-27H,1-6H3;5-25H,1-4H3. The number of benzene rings is 21. The Morgan fingerprint density at radius 2 is 0.324 bits per heavy atom. The fraction of sp³-hybridized carbons (Fsp3) is 0.171. The lowest BCUT2D eigenvalue weighted by atomic mass is 9.60. The maximum absolute atomic E-state index is 10.4. The van der Waals surface area contributed by atoms with E-state index in [1.165, 1.54) is 271 Å². The summed E-state index contributed by atoms with van der Waals surface area (Å²) in [4.78, 5) is 5.17. The molecule has 9 heterocycles. The Hall–Kier alpha value is -16.4. The first-order chi connectivity index (χ1) is 70.0. The van der Waals surface area contributed by atoms with Crippen molar-refractivity contribution in [3.63, 3.8) is 0 Å². The van der Waals surface area contributed by atoms with E-state index >= 15 is 0 Å². The second-order valence-corrected chi connectivity index (χ2v) is 46.3. The topological polar surface area (TPSA) is 59.0 Å². The van der Waals surface area contributed by atoms with Crippen LogP contribution in [0.4, 0.5) is 34.1 Å². The zero-order chi connectivity index (χ0) is 98.9. The number of aromatic nitrogens is 1. The first kappa shape index (κ1) is 86.4. The molecule has 1 aromatic heterocycles. The second kappa shape index (κ2) is 29.6. The zero-order valence-corrected chi connectivity index (χ0v) is 85.0. The van der Waals surface area contributed by atoms with Crippen LogP contribution in [0.1, 0.15) is 211 Å². The average Bonchev–Trinajstić information content (AvgIpc) is 1.66. The summed E-state index contributed by atoms with van der Waals surface area (Å²) in [7, 11) is 0. The van der Waals surface area contributed by atoms with E-state index in [-0.39, 0.29) is 27.1 Å². The Labute approximate surface area is 848 Å². The molecule has 0 unspecified atom stereocenters. The number of nitriles is 2. The number of nitrogens with zero attached hydrogens (tertiary/aromatic N) is 5. The number of hydrogen-bond donors (Lipinski definition) is 0. The Balaban J connectivity index is 0.000000106. The van der Waals surface area contributed by atoms with Crippen LogP contribution < -0.4 is 9.80 Å². The van der Waals surface area contributed by atoms with Crippen molar-refractivity contribution in [2.45, 2.75) is 154 Å². The third kappa shape index (κ3) is 11.3. The van der Waals surface area contributed by atoms with Crippen LogP contribution in [0.3, 0.4) is 0 Å². The molecule has 0 saturated carbocycles. The van der Waals surface area contributed by atoms with Crippen LogP contribution in [0.5, 0.6) is 0 Å². The van der Waals surface area contributed by atoms with Crippen LogP contribution in [0.25, 0.3) is 159 Å². The van der Waals surface area contributed by atoms with E-state index in [0.717, 1.165) is 11.1 Å². The highest BCUT2D eigenvalue weighted by atomic mass is 15.2. The van der Waals surface area contributed by atoms with E-state index in [1.54, 1.807) is 0 Å². The largest absolute Gasteiger partial charge is 0.309 e. The van der Waals surface area contributed by atoms with Gasteiger partial charge in [-0.2, -0.15) is 10.5 Å². The van der Waals surface area contributed by atoms with Gasteiger partial charge < -0.3 is 14.4 Å². The lowest BCUT2D eigenvalue weighted by Gasteiger charge is -2.55. The maximum atomic E-state index is 10.4. The minimum absolute atomic E-state index is 0.0907. The van der Waals surface area contributed by atoms with Gasteiger partial charge in [0, 0.05) is 54.1 Å². The summed E-state index contributed by atoms with van der Waals surface area (Å²) in [6.07, 6.45) is 0. The molecule has 8 aliphatic rings. The van der Waals surface area contributed by atoms with E-state index in [0.29, 0.717) is 11.1 Å². The first-order valence-electron chi connectivity index (χ1n) is 51.7. The SMILES string of the molecule is CC1(C)c2cc(-c3c4ccccc4c(-c4ccccc4)c4ccccc34)cc3c2-n2c4c1cccc4c1cccc(c12)C3(C)C.CC1(C)c2cc(C#N)cc3c2N2c4c1cc(C#N)cc4C(C)(C)c1cc(-c4c5ccccc5c(-c5ccccc5)c5ccccc45)cc(c12)C3(C)C.CC1(C)c2cccc3c2N2c4c1cccc4C(C)(C)c1cc(-c4c5ccccc5c(-c5ccccc5)c5ccccc45)cc(c12)C3(C)C. The fourth-order valence-corrected chi connectivity index (χ4v) is 28.5. The molecule has 0 radical (unpaired) electrons. The molecule has 21 aromatic carbocycles. The average molecular weight is 1860 g/mol. The van der Waals surface area contributed by atoms with Gasteiger partial charge in [-0.15, -0.1) is 0 Å². The molecule has 0 bridgehead atoms. The quantitative estimate of drug-likeness (QED) is 0.156. The predicted molar refractivity (Wildman–Crippen MR) is 607 cm³/mol. The van der Waals surface area contributed by atoms with Crippen LogP contribution in [-0.4, -0.2) is 4.57 Å². The van der Waals surface area contributed by atoms with Crippen molar-refractivity contribution in [3.05, 3.63) is 470 Å². The molecule has 0 spiro atoms. The third-order valence-electron chi connectivity index (χ3n) is 35.9. The van der Waals surface area contributed by atoms with Crippen LogP contribution in [-0.2, 0) is 43.3 Å². The molecule has 5 nitrogen and oxygen atoms in total. The minimum atomic E-state index is -0.413. The highest BCUT2D eigenvalue weighted by Crippen LogP contribution is 2.71. The minimum Gasteiger partial charge on any atom is -0.309 e. The van der Waals surface area contributed by atoms with Crippen molar-refractivity contribution in [1.82, 2.24) is 4.57 Å². The van der Waals surface area contributed by atoms with Gasteiger partial charge in [0.2, 0.25) is 0 Å². The van der Waals surface area contributed by atoms with E-state index in [4.69, 9.17) is 0 Å². The molecular formula is C140H109N5. The van der Waals surface area contributed by atoms with Crippen molar-refractivity contribution < 1.29 is 0 Å². The molecule has 0 N–H and O–H groups in total. The Morgan fingerprint density at radius 3 is 0.559 bits per heavy atom. The lowest BCUT2D eigenvalue weighted by molar-refractivity contribution is 0.566. The summed E-state index contributed by atoms with van der Waals surface area (Å²) in [6.45, 7) is 38.2. The Kier molecular flexibility index (Phi) is 17.7. The molecule has 22 aromatic rings. The maximum Gasteiger partial charge on any atom is 0.0991 e. The van der Waals surface area contributed by atoms with Gasteiger partial charge >= 0.3 is 0 Å². The molecule has 5 heteroatoms. The summed E-state index contributed by atoms with van der Waals surface area (Å²) in [5.41, 5.74) is 47.8. The monoisotopic (exact) mass is 1860 g/mol. The summed E-state index contributed by atoms with van der Waals surface area (Å²) >= 11 is 0. The number of para-hydroxylation sites is 4. The molecule has 0 aliphatic carbocycles. The third-order valence-corrected chi connectivity index (χ3v) is 35.9. The number of anilines is 6. The zero-order valence-electron chi connectivity index (χ0n) is 85.0.